The van der Waals surface area contributed by atoms with Crippen molar-refractivity contribution in [3.63, 3.8) is 0 Å². The molecule has 2 aromatic carbocycles. The van der Waals surface area contributed by atoms with Crippen LogP contribution in [-0.4, -0.2) is 52.4 Å². The van der Waals surface area contributed by atoms with Crippen LogP contribution in [-0.2, 0) is 22.6 Å². The number of halogens is 1. The van der Waals surface area contributed by atoms with Crippen LogP contribution < -0.4 is 10.2 Å². The predicted octanol–water partition coefficient (Wildman–Crippen LogP) is 1.05. The molecule has 1 fully saturated rings. The van der Waals surface area contributed by atoms with Gasteiger partial charge < -0.3 is 15.0 Å². The van der Waals surface area contributed by atoms with Gasteiger partial charge in [0, 0.05) is 21.8 Å². The topological polar surface area (TPSA) is 86.4 Å². The number of aromatic nitrogens is 4. The van der Waals surface area contributed by atoms with Crippen molar-refractivity contribution in [2.24, 2.45) is 0 Å². The third kappa shape index (κ3) is 5.38. The highest BCUT2D eigenvalue weighted by Crippen LogP contribution is 2.15. The van der Waals surface area contributed by atoms with Crippen molar-refractivity contribution in [2.75, 3.05) is 31.6 Å². The number of amides is 1. The van der Waals surface area contributed by atoms with Crippen LogP contribution >= 0.6 is 11.6 Å². The van der Waals surface area contributed by atoms with E-state index in [2.05, 4.69) is 32.9 Å². The summed E-state index contributed by atoms with van der Waals surface area (Å²) in [6.07, 6.45) is 0. The largest absolute Gasteiger partial charge is 0.370 e. The van der Waals surface area contributed by atoms with E-state index in [0.29, 0.717) is 16.5 Å². The lowest BCUT2D eigenvalue weighted by molar-refractivity contribution is -0.921. The minimum atomic E-state index is -0.236. The zero-order chi connectivity index (χ0) is 20.1. The summed E-state index contributed by atoms with van der Waals surface area (Å²) in [5.74, 6) is 0.259. The highest BCUT2D eigenvalue weighted by Gasteiger charge is 2.15. The minimum absolute atomic E-state index is 0.0197. The number of nitrogens with zero attached hydrogens (tertiary/aromatic N) is 4. The summed E-state index contributed by atoms with van der Waals surface area (Å²) >= 11 is 5.85. The Morgan fingerprint density at radius 2 is 1.83 bits per heavy atom. The van der Waals surface area contributed by atoms with E-state index in [4.69, 9.17) is 16.3 Å². The Bertz CT molecular complexity index is 952. The minimum Gasteiger partial charge on any atom is -0.370 e. The Balaban J connectivity index is 1.34. The molecule has 3 aromatic rings. The van der Waals surface area contributed by atoms with Gasteiger partial charge in [0.1, 0.15) is 26.2 Å². The number of carbonyl (C=O) groups is 1. The van der Waals surface area contributed by atoms with Crippen molar-refractivity contribution >= 4 is 23.2 Å². The molecule has 0 bridgehead atoms. The summed E-state index contributed by atoms with van der Waals surface area (Å²) in [4.78, 5) is 15.0. The number of quaternary nitrogens is 1. The highest BCUT2D eigenvalue weighted by molar-refractivity contribution is 6.30. The van der Waals surface area contributed by atoms with Gasteiger partial charge in [-0.1, -0.05) is 35.9 Å². The summed E-state index contributed by atoms with van der Waals surface area (Å²) < 4.78 is 5.40. The third-order valence-electron chi connectivity index (χ3n) is 4.73. The second kappa shape index (κ2) is 9.13. The molecule has 1 aromatic heterocycles. The molecule has 150 valence electrons. The molecule has 1 aliphatic rings. The van der Waals surface area contributed by atoms with E-state index in [0.717, 1.165) is 38.4 Å². The van der Waals surface area contributed by atoms with E-state index in [9.17, 15) is 4.79 Å². The number of tetrazole rings is 1. The maximum Gasteiger partial charge on any atom is 0.248 e. The summed E-state index contributed by atoms with van der Waals surface area (Å²) in [5.41, 5.74) is 2.80. The summed E-state index contributed by atoms with van der Waals surface area (Å²) in [7, 11) is 0. The summed E-state index contributed by atoms with van der Waals surface area (Å²) in [6.45, 7) is 4.69. The fraction of sp³-hybridized carbons (Fsp3) is 0.300. The van der Waals surface area contributed by atoms with Crippen LogP contribution in [0.3, 0.4) is 0 Å². The molecule has 4 rings (SSSR count). The SMILES string of the molecule is O=C(Cn1nnc(-c2ccc(C[NH+]3CCOCC3)cc2)n1)Nc1ccc(Cl)cc1. The Hall–Kier alpha value is -2.81. The van der Waals surface area contributed by atoms with Gasteiger partial charge in [0.05, 0.1) is 13.2 Å². The molecule has 0 aliphatic carbocycles. The second-order valence-electron chi connectivity index (χ2n) is 6.93. The lowest BCUT2D eigenvalue weighted by Crippen LogP contribution is -3.12. The molecule has 0 saturated carbocycles. The van der Waals surface area contributed by atoms with E-state index >= 15 is 0 Å². The van der Waals surface area contributed by atoms with E-state index in [1.54, 1.807) is 24.3 Å². The Labute approximate surface area is 173 Å². The van der Waals surface area contributed by atoms with Crippen molar-refractivity contribution in [3.8, 4) is 11.4 Å². The zero-order valence-electron chi connectivity index (χ0n) is 15.8. The van der Waals surface area contributed by atoms with Crippen LogP contribution in [0.1, 0.15) is 5.56 Å². The van der Waals surface area contributed by atoms with E-state index in [-0.39, 0.29) is 12.5 Å². The van der Waals surface area contributed by atoms with Crippen LogP contribution in [0, 0.1) is 0 Å². The zero-order valence-corrected chi connectivity index (χ0v) is 16.6. The summed E-state index contributed by atoms with van der Waals surface area (Å²) in [5, 5.41) is 15.7. The fourth-order valence-corrected chi connectivity index (χ4v) is 3.31. The number of nitrogens with one attached hydrogen (secondary N) is 2. The first kappa shape index (κ1) is 19.5. The maximum absolute atomic E-state index is 12.2. The summed E-state index contributed by atoms with van der Waals surface area (Å²) in [6, 6.07) is 15.1. The van der Waals surface area contributed by atoms with Crippen LogP contribution in [0.5, 0.6) is 0 Å². The molecular formula is C20H22ClN6O2+. The monoisotopic (exact) mass is 413 g/mol. The molecular weight excluding hydrogens is 392 g/mol. The first-order valence-corrected chi connectivity index (χ1v) is 9.87. The van der Waals surface area contributed by atoms with Gasteiger partial charge >= 0.3 is 0 Å². The van der Waals surface area contributed by atoms with Crippen molar-refractivity contribution < 1.29 is 14.4 Å². The van der Waals surface area contributed by atoms with Gasteiger partial charge in [0.15, 0.2) is 0 Å². The van der Waals surface area contributed by atoms with Gasteiger partial charge in [-0.2, -0.15) is 4.80 Å². The molecule has 8 nitrogen and oxygen atoms in total. The van der Waals surface area contributed by atoms with E-state index < -0.39 is 0 Å². The van der Waals surface area contributed by atoms with Crippen molar-refractivity contribution in [1.29, 1.82) is 0 Å². The predicted molar refractivity (Wildman–Crippen MR) is 109 cm³/mol. The van der Waals surface area contributed by atoms with Crippen molar-refractivity contribution in [2.45, 2.75) is 13.1 Å². The Morgan fingerprint density at radius 1 is 1.10 bits per heavy atom. The fourth-order valence-electron chi connectivity index (χ4n) is 3.19. The Kier molecular flexibility index (Phi) is 6.14. The lowest BCUT2D eigenvalue weighted by Gasteiger charge is -2.23. The quantitative estimate of drug-likeness (QED) is 0.630. The first-order valence-electron chi connectivity index (χ1n) is 9.49. The second-order valence-corrected chi connectivity index (χ2v) is 7.37. The number of hydrogen-bond acceptors (Lipinski definition) is 5. The van der Waals surface area contributed by atoms with Crippen LogP contribution in [0.25, 0.3) is 11.4 Å². The van der Waals surface area contributed by atoms with Crippen molar-refractivity contribution in [1.82, 2.24) is 20.2 Å². The smallest absolute Gasteiger partial charge is 0.248 e. The van der Waals surface area contributed by atoms with Gasteiger partial charge in [0.2, 0.25) is 11.7 Å². The van der Waals surface area contributed by atoms with Crippen molar-refractivity contribution in [3.05, 3.63) is 59.1 Å². The average Bonchev–Trinajstić information content (AvgIpc) is 3.19. The number of anilines is 1. The number of benzene rings is 2. The van der Waals surface area contributed by atoms with Crippen LogP contribution in [0.4, 0.5) is 5.69 Å². The molecule has 1 amide bonds. The molecule has 0 atom stereocenters. The molecule has 29 heavy (non-hydrogen) atoms. The molecule has 2 N–H and O–H groups in total. The van der Waals surface area contributed by atoms with Gasteiger partial charge in [0.25, 0.3) is 0 Å². The van der Waals surface area contributed by atoms with Gasteiger partial charge in [-0.15, -0.1) is 10.2 Å². The number of ether oxygens (including phenoxy) is 1. The molecule has 9 heteroatoms. The molecule has 1 aliphatic heterocycles. The average molecular weight is 414 g/mol. The van der Waals surface area contributed by atoms with Gasteiger partial charge in [-0.05, 0) is 29.5 Å². The first-order chi connectivity index (χ1) is 14.2. The number of rotatable bonds is 6. The van der Waals surface area contributed by atoms with E-state index in [1.807, 2.05) is 12.1 Å². The molecule has 0 unspecified atom stereocenters. The molecule has 1 saturated heterocycles. The van der Waals surface area contributed by atoms with Crippen LogP contribution in [0.2, 0.25) is 5.02 Å². The maximum atomic E-state index is 12.2. The Morgan fingerprint density at radius 3 is 2.55 bits per heavy atom. The molecule has 0 spiro atoms. The van der Waals surface area contributed by atoms with Gasteiger partial charge in [-0.3, -0.25) is 4.79 Å². The third-order valence-corrected chi connectivity index (χ3v) is 4.98. The van der Waals surface area contributed by atoms with Gasteiger partial charge in [-0.25, -0.2) is 0 Å². The number of morpholine rings is 1. The normalized spacial score (nSPS) is 14.7. The highest BCUT2D eigenvalue weighted by atomic mass is 35.5. The number of carbonyl (C=O) groups excluding carboxylic acids is 1. The standard InChI is InChI=1S/C20H21ClN6O2/c21-17-5-7-18(8-6-17)22-19(28)14-27-24-20(23-25-27)16-3-1-15(2-4-16)13-26-9-11-29-12-10-26/h1-8H,9-14H2,(H,22,28)/p+1. The molecule has 2 heterocycles. The van der Waals surface area contributed by atoms with E-state index in [1.165, 1.54) is 15.3 Å². The molecule has 0 radical (unpaired) electrons. The lowest BCUT2D eigenvalue weighted by atomic mass is 10.1. The number of hydrogen-bond donors (Lipinski definition) is 2. The van der Waals surface area contributed by atoms with Crippen LogP contribution in [0.15, 0.2) is 48.5 Å².